The minimum Gasteiger partial charge on any atom is -0.481 e. The first-order chi connectivity index (χ1) is 7.15. The van der Waals surface area contributed by atoms with Crippen LogP contribution >= 0.6 is 0 Å². The van der Waals surface area contributed by atoms with Crippen LogP contribution in [0.4, 0.5) is 0 Å². The number of nitrogens with one attached hydrogen (secondary N) is 1. The van der Waals surface area contributed by atoms with Crippen molar-refractivity contribution in [3.8, 4) is 0 Å². The largest absolute Gasteiger partial charge is 0.481 e. The standard InChI is InChI=1S/C12H13NO2/c1-8-2-4-11-9(6-8)7-10(13-11)3-5-12(14)15/h2,4,6-7,13H,3,5H2,1H3,(H,14,15). The van der Waals surface area contributed by atoms with Crippen molar-refractivity contribution >= 4 is 16.9 Å². The van der Waals surface area contributed by atoms with E-state index in [9.17, 15) is 4.79 Å². The quantitative estimate of drug-likeness (QED) is 0.805. The molecule has 0 saturated carbocycles. The van der Waals surface area contributed by atoms with Crippen molar-refractivity contribution in [1.82, 2.24) is 4.98 Å². The average molecular weight is 203 g/mol. The summed E-state index contributed by atoms with van der Waals surface area (Å²) in [4.78, 5) is 13.6. The number of H-pyrrole nitrogens is 1. The molecular weight excluding hydrogens is 190 g/mol. The Bertz CT molecular complexity index is 499. The average Bonchev–Trinajstić information content (AvgIpc) is 2.56. The predicted octanol–water partition coefficient (Wildman–Crippen LogP) is 2.49. The van der Waals surface area contributed by atoms with Gasteiger partial charge in [-0.25, -0.2) is 0 Å². The Morgan fingerprint density at radius 1 is 1.40 bits per heavy atom. The van der Waals surface area contributed by atoms with E-state index >= 15 is 0 Å². The smallest absolute Gasteiger partial charge is 0.303 e. The van der Waals surface area contributed by atoms with E-state index in [0.717, 1.165) is 16.6 Å². The predicted molar refractivity (Wildman–Crippen MR) is 59.0 cm³/mol. The van der Waals surface area contributed by atoms with Gasteiger partial charge in [0.1, 0.15) is 0 Å². The molecule has 0 amide bonds. The van der Waals surface area contributed by atoms with E-state index < -0.39 is 5.97 Å². The second-order valence-corrected chi connectivity index (χ2v) is 3.78. The van der Waals surface area contributed by atoms with Crippen LogP contribution in [0.15, 0.2) is 24.3 Å². The van der Waals surface area contributed by atoms with Crippen molar-refractivity contribution in [3.05, 3.63) is 35.5 Å². The third-order valence-corrected chi connectivity index (χ3v) is 2.44. The van der Waals surface area contributed by atoms with Crippen molar-refractivity contribution < 1.29 is 9.90 Å². The Hall–Kier alpha value is -1.77. The first-order valence-electron chi connectivity index (χ1n) is 4.95. The molecule has 1 aromatic carbocycles. The molecule has 2 N–H and O–H groups in total. The van der Waals surface area contributed by atoms with Crippen LogP contribution in [-0.2, 0) is 11.2 Å². The van der Waals surface area contributed by atoms with E-state index in [2.05, 4.69) is 11.1 Å². The minimum absolute atomic E-state index is 0.172. The Balaban J connectivity index is 2.27. The van der Waals surface area contributed by atoms with E-state index in [0.29, 0.717) is 6.42 Å². The highest BCUT2D eigenvalue weighted by molar-refractivity contribution is 5.81. The van der Waals surface area contributed by atoms with Gasteiger partial charge in [-0.05, 0) is 36.9 Å². The summed E-state index contributed by atoms with van der Waals surface area (Å²) in [6.45, 7) is 2.05. The van der Waals surface area contributed by atoms with E-state index in [-0.39, 0.29) is 6.42 Å². The Morgan fingerprint density at radius 3 is 2.93 bits per heavy atom. The third kappa shape index (κ3) is 2.18. The monoisotopic (exact) mass is 203 g/mol. The first-order valence-corrected chi connectivity index (χ1v) is 4.95. The Labute approximate surface area is 87.7 Å². The van der Waals surface area contributed by atoms with Gasteiger partial charge in [-0.3, -0.25) is 4.79 Å². The maximum atomic E-state index is 10.4. The van der Waals surface area contributed by atoms with Crippen molar-refractivity contribution in [1.29, 1.82) is 0 Å². The number of aromatic amines is 1. The van der Waals surface area contributed by atoms with Gasteiger partial charge in [0.2, 0.25) is 0 Å². The molecule has 0 aliphatic heterocycles. The molecule has 0 saturated heterocycles. The number of hydrogen-bond donors (Lipinski definition) is 2. The molecule has 15 heavy (non-hydrogen) atoms. The van der Waals surface area contributed by atoms with Crippen LogP contribution < -0.4 is 0 Å². The second-order valence-electron chi connectivity index (χ2n) is 3.78. The number of benzene rings is 1. The fraction of sp³-hybridized carbons (Fsp3) is 0.250. The van der Waals surface area contributed by atoms with E-state index in [1.165, 1.54) is 5.56 Å². The van der Waals surface area contributed by atoms with Crippen LogP contribution in [0, 0.1) is 6.92 Å². The summed E-state index contributed by atoms with van der Waals surface area (Å²) in [7, 11) is 0. The molecule has 2 aromatic rings. The first kappa shape index (κ1) is 9.77. The van der Waals surface area contributed by atoms with Crippen LogP contribution in [0.3, 0.4) is 0 Å². The minimum atomic E-state index is -0.759. The van der Waals surface area contributed by atoms with Crippen LogP contribution in [0.5, 0.6) is 0 Å². The number of aryl methyl sites for hydroxylation is 2. The molecule has 0 radical (unpaired) electrons. The molecular formula is C12H13NO2. The summed E-state index contributed by atoms with van der Waals surface area (Å²) >= 11 is 0. The van der Waals surface area contributed by atoms with Gasteiger partial charge in [0, 0.05) is 11.2 Å². The molecule has 0 aliphatic rings. The van der Waals surface area contributed by atoms with Gasteiger partial charge in [0.25, 0.3) is 0 Å². The number of fused-ring (bicyclic) bond motifs is 1. The molecule has 0 bridgehead atoms. The summed E-state index contributed by atoms with van der Waals surface area (Å²) in [5.74, 6) is -0.759. The third-order valence-electron chi connectivity index (χ3n) is 2.44. The highest BCUT2D eigenvalue weighted by Gasteiger charge is 2.03. The van der Waals surface area contributed by atoms with E-state index in [4.69, 9.17) is 5.11 Å². The number of rotatable bonds is 3. The molecule has 0 aliphatic carbocycles. The lowest BCUT2D eigenvalue weighted by Crippen LogP contribution is -1.97. The fourth-order valence-electron chi connectivity index (χ4n) is 1.69. The van der Waals surface area contributed by atoms with Gasteiger partial charge >= 0.3 is 5.97 Å². The summed E-state index contributed by atoms with van der Waals surface area (Å²) in [5.41, 5.74) is 3.27. The molecule has 0 atom stereocenters. The summed E-state index contributed by atoms with van der Waals surface area (Å²) in [5, 5.41) is 9.73. The molecule has 0 fully saturated rings. The lowest BCUT2D eigenvalue weighted by molar-refractivity contribution is -0.136. The van der Waals surface area contributed by atoms with Crippen LogP contribution in [0.25, 0.3) is 10.9 Å². The van der Waals surface area contributed by atoms with Crippen LogP contribution in [0.1, 0.15) is 17.7 Å². The molecule has 1 aromatic heterocycles. The number of hydrogen-bond acceptors (Lipinski definition) is 1. The van der Waals surface area contributed by atoms with Gasteiger partial charge in [-0.15, -0.1) is 0 Å². The zero-order valence-electron chi connectivity index (χ0n) is 8.58. The lowest BCUT2D eigenvalue weighted by Gasteiger charge is -1.92. The number of carboxylic acid groups (broad SMARTS) is 1. The Morgan fingerprint density at radius 2 is 2.20 bits per heavy atom. The number of aromatic nitrogens is 1. The zero-order valence-corrected chi connectivity index (χ0v) is 8.58. The van der Waals surface area contributed by atoms with Gasteiger partial charge in [0.15, 0.2) is 0 Å². The maximum absolute atomic E-state index is 10.4. The summed E-state index contributed by atoms with van der Waals surface area (Å²) < 4.78 is 0. The van der Waals surface area contributed by atoms with Gasteiger partial charge in [0.05, 0.1) is 6.42 Å². The lowest BCUT2D eigenvalue weighted by atomic mass is 10.2. The number of carbonyl (C=O) groups is 1. The maximum Gasteiger partial charge on any atom is 0.303 e. The number of carboxylic acids is 1. The van der Waals surface area contributed by atoms with Gasteiger partial charge in [-0.1, -0.05) is 11.6 Å². The summed E-state index contributed by atoms with van der Waals surface area (Å²) in [6, 6.07) is 8.18. The molecule has 3 heteroatoms. The van der Waals surface area contributed by atoms with E-state index in [1.807, 2.05) is 25.1 Å². The highest BCUT2D eigenvalue weighted by atomic mass is 16.4. The van der Waals surface area contributed by atoms with E-state index in [1.54, 1.807) is 0 Å². The van der Waals surface area contributed by atoms with Crippen molar-refractivity contribution in [2.45, 2.75) is 19.8 Å². The molecule has 3 nitrogen and oxygen atoms in total. The molecule has 1 heterocycles. The number of aliphatic carboxylic acids is 1. The molecule has 2 rings (SSSR count). The highest BCUT2D eigenvalue weighted by Crippen LogP contribution is 2.17. The van der Waals surface area contributed by atoms with Crippen LogP contribution in [-0.4, -0.2) is 16.1 Å². The molecule has 78 valence electrons. The van der Waals surface area contributed by atoms with Crippen molar-refractivity contribution in [2.75, 3.05) is 0 Å². The van der Waals surface area contributed by atoms with Gasteiger partial charge < -0.3 is 10.1 Å². The topological polar surface area (TPSA) is 53.1 Å². The van der Waals surface area contributed by atoms with Crippen LogP contribution in [0.2, 0.25) is 0 Å². The Kier molecular flexibility index (Phi) is 2.46. The normalized spacial score (nSPS) is 10.7. The molecule has 0 unspecified atom stereocenters. The van der Waals surface area contributed by atoms with Crippen molar-refractivity contribution in [2.24, 2.45) is 0 Å². The summed E-state index contributed by atoms with van der Waals surface area (Å²) in [6.07, 6.45) is 0.731. The van der Waals surface area contributed by atoms with Gasteiger partial charge in [-0.2, -0.15) is 0 Å². The molecule has 0 spiro atoms. The zero-order chi connectivity index (χ0) is 10.8. The second kappa shape index (κ2) is 3.77. The fourth-order valence-corrected chi connectivity index (χ4v) is 1.69. The SMILES string of the molecule is Cc1ccc2[nH]c(CCC(=O)O)cc2c1. The van der Waals surface area contributed by atoms with Crippen molar-refractivity contribution in [3.63, 3.8) is 0 Å².